The van der Waals surface area contributed by atoms with Gasteiger partial charge in [-0.2, -0.15) is 0 Å². The van der Waals surface area contributed by atoms with Crippen molar-refractivity contribution in [2.75, 3.05) is 5.73 Å². The molecule has 1 fully saturated rings. The lowest BCUT2D eigenvalue weighted by atomic mass is 9.98. The first kappa shape index (κ1) is 17.3. The molecule has 0 saturated carbocycles. The minimum atomic E-state index is -0.620. The normalized spacial score (nSPS) is 18.8. The third kappa shape index (κ3) is 2.80. The molecule has 2 aliphatic heterocycles. The number of aromatic nitrogens is 2. The Hall–Kier alpha value is -3.81. The summed E-state index contributed by atoms with van der Waals surface area (Å²) in [6.07, 6.45) is 2.28. The molecule has 8 nitrogen and oxygen atoms in total. The Morgan fingerprint density at radius 3 is 2.79 bits per heavy atom. The maximum absolute atomic E-state index is 12.8. The van der Waals surface area contributed by atoms with E-state index in [1.54, 1.807) is 17.2 Å². The molecule has 8 heteroatoms. The van der Waals surface area contributed by atoms with E-state index in [0.29, 0.717) is 18.5 Å². The van der Waals surface area contributed by atoms with Gasteiger partial charge in [-0.25, -0.2) is 9.97 Å². The van der Waals surface area contributed by atoms with Gasteiger partial charge in [0.2, 0.25) is 17.8 Å². The molecule has 0 spiro atoms. The summed E-state index contributed by atoms with van der Waals surface area (Å²) < 4.78 is 0. The van der Waals surface area contributed by atoms with E-state index in [2.05, 4.69) is 15.3 Å². The molecule has 1 saturated heterocycles. The van der Waals surface area contributed by atoms with Gasteiger partial charge in [0.1, 0.15) is 6.04 Å². The second-order valence-electron chi connectivity index (χ2n) is 7.24. The van der Waals surface area contributed by atoms with Gasteiger partial charge in [0.25, 0.3) is 5.91 Å². The summed E-state index contributed by atoms with van der Waals surface area (Å²) in [5, 5.41) is 3.19. The summed E-state index contributed by atoms with van der Waals surface area (Å²) in [6.45, 7) is 0.336. The molecule has 2 aliphatic rings. The van der Waals surface area contributed by atoms with Crippen LogP contribution in [0.4, 0.5) is 5.95 Å². The molecule has 29 heavy (non-hydrogen) atoms. The first-order valence-corrected chi connectivity index (χ1v) is 9.30. The predicted octanol–water partition coefficient (Wildman–Crippen LogP) is 1.64. The van der Waals surface area contributed by atoms with Gasteiger partial charge in [-0.1, -0.05) is 18.2 Å². The number of nitrogens with two attached hydrogens (primary N) is 1. The summed E-state index contributed by atoms with van der Waals surface area (Å²) in [5.74, 6) is -0.674. The standard InChI is InChI=1S/C21H17N5O3/c22-21-23-9-15-13(2-1-3-16(15)24-21)11-4-5-14-12(8-11)10-26(20(14)29)17-6-7-18(27)25-19(17)28/h1-5,8-9,17H,6-7,10H2,(H2,22,23,24)(H,25,27,28). The monoisotopic (exact) mass is 387 g/mol. The van der Waals surface area contributed by atoms with Crippen LogP contribution in [0.2, 0.25) is 0 Å². The highest BCUT2D eigenvalue weighted by molar-refractivity contribution is 6.06. The van der Waals surface area contributed by atoms with Gasteiger partial charge in [-0.05, 0) is 41.3 Å². The molecule has 3 heterocycles. The smallest absolute Gasteiger partial charge is 0.255 e. The van der Waals surface area contributed by atoms with Crippen molar-refractivity contribution < 1.29 is 14.4 Å². The van der Waals surface area contributed by atoms with Gasteiger partial charge in [-0.3, -0.25) is 19.7 Å². The van der Waals surface area contributed by atoms with Gasteiger partial charge in [0.05, 0.1) is 5.52 Å². The van der Waals surface area contributed by atoms with Gasteiger partial charge in [0, 0.05) is 30.1 Å². The fourth-order valence-electron chi connectivity index (χ4n) is 4.06. The lowest BCUT2D eigenvalue weighted by molar-refractivity contribution is -0.136. The van der Waals surface area contributed by atoms with E-state index in [4.69, 9.17) is 5.73 Å². The van der Waals surface area contributed by atoms with Crippen molar-refractivity contribution in [1.29, 1.82) is 0 Å². The lowest BCUT2D eigenvalue weighted by Gasteiger charge is -2.29. The van der Waals surface area contributed by atoms with Crippen molar-refractivity contribution in [3.8, 4) is 11.1 Å². The second kappa shape index (κ2) is 6.37. The summed E-state index contributed by atoms with van der Waals surface area (Å²) in [7, 11) is 0. The molecule has 3 amide bonds. The van der Waals surface area contributed by atoms with Crippen LogP contribution in [0.1, 0.15) is 28.8 Å². The SMILES string of the molecule is Nc1ncc2c(-c3ccc4c(c3)CN(C3CCC(=O)NC3=O)C4=O)cccc2n1. The van der Waals surface area contributed by atoms with Crippen molar-refractivity contribution in [2.45, 2.75) is 25.4 Å². The minimum Gasteiger partial charge on any atom is -0.368 e. The Kier molecular flexibility index (Phi) is 3.80. The minimum absolute atomic E-state index is 0.185. The van der Waals surface area contributed by atoms with Crippen LogP contribution >= 0.6 is 0 Å². The number of nitrogen functional groups attached to an aromatic ring is 1. The number of nitrogens with one attached hydrogen (secondary N) is 1. The largest absolute Gasteiger partial charge is 0.368 e. The van der Waals surface area contributed by atoms with Gasteiger partial charge < -0.3 is 10.6 Å². The van der Waals surface area contributed by atoms with Gasteiger partial charge >= 0.3 is 0 Å². The fraction of sp³-hybridized carbons (Fsp3) is 0.190. The average Bonchev–Trinajstić information content (AvgIpc) is 3.03. The quantitative estimate of drug-likeness (QED) is 0.646. The summed E-state index contributed by atoms with van der Waals surface area (Å²) in [5.41, 5.74) is 9.74. The summed E-state index contributed by atoms with van der Waals surface area (Å²) in [6, 6.07) is 10.8. The molecule has 0 aliphatic carbocycles. The number of hydrogen-bond donors (Lipinski definition) is 2. The number of hydrogen-bond acceptors (Lipinski definition) is 6. The number of benzene rings is 2. The first-order chi connectivity index (χ1) is 14.0. The van der Waals surface area contributed by atoms with Gasteiger partial charge in [0.15, 0.2) is 0 Å². The third-order valence-corrected chi connectivity index (χ3v) is 5.48. The predicted molar refractivity (Wildman–Crippen MR) is 105 cm³/mol. The number of nitrogens with zero attached hydrogens (tertiary/aromatic N) is 3. The molecule has 144 valence electrons. The highest BCUT2D eigenvalue weighted by Crippen LogP contribution is 2.33. The molecule has 0 radical (unpaired) electrons. The van der Waals surface area contributed by atoms with Crippen LogP contribution in [-0.2, 0) is 16.1 Å². The molecular formula is C21H17N5O3. The summed E-state index contributed by atoms with van der Waals surface area (Å²) in [4.78, 5) is 46.4. The van der Waals surface area contributed by atoms with Crippen molar-refractivity contribution in [3.63, 3.8) is 0 Å². The molecule has 3 aromatic rings. The zero-order valence-electron chi connectivity index (χ0n) is 15.4. The van der Waals surface area contributed by atoms with Crippen LogP contribution in [0, 0.1) is 0 Å². The van der Waals surface area contributed by atoms with E-state index in [-0.39, 0.29) is 24.2 Å². The summed E-state index contributed by atoms with van der Waals surface area (Å²) >= 11 is 0. The molecule has 1 unspecified atom stereocenters. The zero-order valence-corrected chi connectivity index (χ0v) is 15.4. The zero-order chi connectivity index (χ0) is 20.1. The topological polar surface area (TPSA) is 118 Å². The van der Waals surface area contributed by atoms with E-state index < -0.39 is 11.9 Å². The van der Waals surface area contributed by atoms with E-state index in [0.717, 1.165) is 27.6 Å². The van der Waals surface area contributed by atoms with E-state index in [9.17, 15) is 14.4 Å². The molecule has 3 N–H and O–H groups in total. The number of piperidine rings is 1. The van der Waals surface area contributed by atoms with Crippen molar-refractivity contribution in [3.05, 3.63) is 53.7 Å². The van der Waals surface area contributed by atoms with E-state index >= 15 is 0 Å². The highest BCUT2D eigenvalue weighted by atomic mass is 16.2. The second-order valence-corrected chi connectivity index (χ2v) is 7.24. The fourth-order valence-corrected chi connectivity index (χ4v) is 4.06. The number of carbonyl (C=O) groups excluding carboxylic acids is 3. The van der Waals surface area contributed by atoms with Crippen molar-refractivity contribution >= 4 is 34.6 Å². The van der Waals surface area contributed by atoms with Crippen molar-refractivity contribution in [2.24, 2.45) is 0 Å². The number of anilines is 1. The van der Waals surface area contributed by atoms with Crippen LogP contribution in [-0.4, -0.2) is 38.6 Å². The Labute approximate surface area is 165 Å². The van der Waals surface area contributed by atoms with Crippen LogP contribution in [0.15, 0.2) is 42.6 Å². The Balaban J connectivity index is 1.51. The Morgan fingerprint density at radius 1 is 1.10 bits per heavy atom. The van der Waals surface area contributed by atoms with Crippen molar-refractivity contribution in [1.82, 2.24) is 20.2 Å². The molecule has 1 atom stereocenters. The molecule has 0 bridgehead atoms. The first-order valence-electron chi connectivity index (χ1n) is 9.30. The van der Waals surface area contributed by atoms with Crippen LogP contribution in [0.3, 0.4) is 0 Å². The van der Waals surface area contributed by atoms with Crippen LogP contribution in [0.5, 0.6) is 0 Å². The maximum Gasteiger partial charge on any atom is 0.255 e. The van der Waals surface area contributed by atoms with E-state index in [1.807, 2.05) is 30.3 Å². The number of fused-ring (bicyclic) bond motifs is 2. The molecule has 2 aromatic carbocycles. The number of imide groups is 1. The molecular weight excluding hydrogens is 370 g/mol. The number of rotatable bonds is 2. The maximum atomic E-state index is 12.8. The van der Waals surface area contributed by atoms with Gasteiger partial charge in [-0.15, -0.1) is 0 Å². The lowest BCUT2D eigenvalue weighted by Crippen LogP contribution is -2.52. The Bertz CT molecular complexity index is 1210. The average molecular weight is 387 g/mol. The van der Waals surface area contributed by atoms with E-state index in [1.165, 1.54) is 0 Å². The van der Waals surface area contributed by atoms with Crippen LogP contribution < -0.4 is 11.1 Å². The number of carbonyl (C=O) groups is 3. The third-order valence-electron chi connectivity index (χ3n) is 5.48. The Morgan fingerprint density at radius 2 is 1.97 bits per heavy atom. The highest BCUT2D eigenvalue weighted by Gasteiger charge is 2.39. The molecule has 1 aromatic heterocycles. The number of amides is 3. The molecule has 5 rings (SSSR count). The van der Waals surface area contributed by atoms with Crippen LogP contribution in [0.25, 0.3) is 22.0 Å².